The number of carbonyl (C=O) groups excluding carboxylic acids is 1. The molecule has 2 rings (SSSR count). The van der Waals surface area contributed by atoms with Gasteiger partial charge in [-0.15, -0.1) is 0 Å². The molecule has 2 heterocycles. The molecule has 2 aliphatic rings. The van der Waals surface area contributed by atoms with Gasteiger partial charge in [0.05, 0.1) is 5.70 Å². The van der Waals surface area contributed by atoms with Crippen LogP contribution in [0.25, 0.3) is 0 Å². The maximum Gasteiger partial charge on any atom is 0.185 e. The van der Waals surface area contributed by atoms with Gasteiger partial charge in [0.1, 0.15) is 0 Å². The van der Waals surface area contributed by atoms with Crippen LogP contribution in [-0.4, -0.2) is 23.9 Å². The van der Waals surface area contributed by atoms with Gasteiger partial charge in [-0.2, -0.15) is 0 Å². The van der Waals surface area contributed by atoms with Crippen molar-refractivity contribution in [2.45, 2.75) is 20.3 Å². The lowest BCUT2D eigenvalue weighted by Gasteiger charge is -2.35. The van der Waals surface area contributed by atoms with Crippen LogP contribution in [-0.2, 0) is 4.79 Å². The molecule has 66 valence electrons. The molecule has 0 aliphatic carbocycles. The Morgan fingerprint density at radius 3 is 3.08 bits per heavy atom. The van der Waals surface area contributed by atoms with Gasteiger partial charge in [0, 0.05) is 18.5 Å². The van der Waals surface area contributed by atoms with E-state index in [1.807, 2.05) is 24.9 Å². The summed E-state index contributed by atoms with van der Waals surface area (Å²) in [5.74, 6) is 0.277. The molecule has 0 spiro atoms. The predicted octanol–water partition coefficient (Wildman–Crippen LogP) is 0.690. The number of allylic oxidation sites excluding steroid dienone is 1. The topological polar surface area (TPSA) is 32.3 Å². The highest BCUT2D eigenvalue weighted by Crippen LogP contribution is 2.32. The Bertz CT molecular complexity index is 255. The predicted molar refractivity (Wildman–Crippen MR) is 46.2 cm³/mol. The highest BCUT2D eigenvalue weighted by atomic mass is 16.1. The minimum Gasteiger partial charge on any atom is -0.305 e. The van der Waals surface area contributed by atoms with Crippen molar-refractivity contribution in [1.82, 2.24) is 10.4 Å². The fourth-order valence-corrected chi connectivity index (χ4v) is 1.71. The van der Waals surface area contributed by atoms with E-state index in [2.05, 4.69) is 5.43 Å². The number of hydrazine groups is 1. The van der Waals surface area contributed by atoms with E-state index in [0.29, 0.717) is 0 Å². The Labute approximate surface area is 72.4 Å². The lowest BCUT2D eigenvalue weighted by molar-refractivity contribution is -0.127. The number of Topliss-reactive ketones (excluding diaryl/α,β-unsaturated/α-hetero) is 1. The van der Waals surface area contributed by atoms with Gasteiger partial charge in [0.25, 0.3) is 0 Å². The standard InChI is InChI=1S/C9H14N2O/c1-9(2)4-6-11-7(8(9)12)3-5-10-11/h3,10H,4-6H2,1-2H3. The van der Waals surface area contributed by atoms with E-state index in [1.54, 1.807) is 0 Å². The molecule has 0 saturated carbocycles. The molecular weight excluding hydrogens is 152 g/mol. The minimum atomic E-state index is -0.158. The number of piperidine rings is 1. The van der Waals surface area contributed by atoms with Gasteiger partial charge in [0.15, 0.2) is 5.78 Å². The van der Waals surface area contributed by atoms with Crippen LogP contribution in [0.5, 0.6) is 0 Å². The molecule has 0 aromatic carbocycles. The zero-order valence-corrected chi connectivity index (χ0v) is 7.55. The third kappa shape index (κ3) is 0.966. The summed E-state index contributed by atoms with van der Waals surface area (Å²) in [7, 11) is 0. The van der Waals surface area contributed by atoms with Crippen molar-refractivity contribution in [2.75, 3.05) is 13.1 Å². The number of ketones is 1. The molecule has 0 aromatic heterocycles. The van der Waals surface area contributed by atoms with Crippen molar-refractivity contribution < 1.29 is 4.79 Å². The van der Waals surface area contributed by atoms with Crippen LogP contribution in [0.4, 0.5) is 0 Å². The van der Waals surface area contributed by atoms with E-state index in [0.717, 1.165) is 25.2 Å². The minimum absolute atomic E-state index is 0.158. The van der Waals surface area contributed by atoms with E-state index < -0.39 is 0 Å². The monoisotopic (exact) mass is 166 g/mol. The second-order valence-corrected chi connectivity index (χ2v) is 4.07. The van der Waals surface area contributed by atoms with Crippen LogP contribution in [0.15, 0.2) is 11.8 Å². The highest BCUT2D eigenvalue weighted by molar-refractivity contribution is 5.99. The summed E-state index contributed by atoms with van der Waals surface area (Å²) in [4.78, 5) is 11.8. The summed E-state index contributed by atoms with van der Waals surface area (Å²) < 4.78 is 0. The third-order valence-electron chi connectivity index (χ3n) is 2.68. The fraction of sp³-hybridized carbons (Fsp3) is 0.667. The van der Waals surface area contributed by atoms with Crippen LogP contribution in [0.3, 0.4) is 0 Å². The third-order valence-corrected chi connectivity index (χ3v) is 2.68. The normalized spacial score (nSPS) is 27.0. The first-order valence-corrected chi connectivity index (χ1v) is 4.37. The summed E-state index contributed by atoms with van der Waals surface area (Å²) in [6, 6.07) is 0. The number of carbonyl (C=O) groups is 1. The molecule has 12 heavy (non-hydrogen) atoms. The first-order chi connectivity index (χ1) is 5.61. The van der Waals surface area contributed by atoms with E-state index in [4.69, 9.17) is 0 Å². The first kappa shape index (κ1) is 7.80. The van der Waals surface area contributed by atoms with Crippen LogP contribution >= 0.6 is 0 Å². The number of fused-ring (bicyclic) bond motifs is 1. The highest BCUT2D eigenvalue weighted by Gasteiger charge is 2.38. The molecule has 0 radical (unpaired) electrons. The molecule has 0 unspecified atom stereocenters. The number of rotatable bonds is 0. The average molecular weight is 166 g/mol. The van der Waals surface area contributed by atoms with Gasteiger partial charge in [-0.05, 0) is 12.5 Å². The van der Waals surface area contributed by atoms with Crippen molar-refractivity contribution >= 4 is 5.78 Å². The van der Waals surface area contributed by atoms with Gasteiger partial charge in [-0.25, -0.2) is 5.43 Å². The van der Waals surface area contributed by atoms with Gasteiger partial charge in [-0.1, -0.05) is 13.8 Å². The number of hydrogen-bond acceptors (Lipinski definition) is 3. The van der Waals surface area contributed by atoms with Crippen molar-refractivity contribution in [1.29, 1.82) is 0 Å². The Hall–Kier alpha value is -0.830. The lowest BCUT2D eigenvalue weighted by atomic mass is 9.80. The molecular formula is C9H14N2O. The molecule has 0 bridgehead atoms. The van der Waals surface area contributed by atoms with E-state index in [9.17, 15) is 4.79 Å². The largest absolute Gasteiger partial charge is 0.305 e. The molecule has 1 saturated heterocycles. The summed E-state index contributed by atoms with van der Waals surface area (Å²) in [6.07, 6.45) is 2.92. The molecule has 0 atom stereocenters. The van der Waals surface area contributed by atoms with Gasteiger partial charge >= 0.3 is 0 Å². The summed E-state index contributed by atoms with van der Waals surface area (Å²) in [5.41, 5.74) is 3.86. The molecule has 2 aliphatic heterocycles. The van der Waals surface area contributed by atoms with Crippen LogP contribution < -0.4 is 5.43 Å². The van der Waals surface area contributed by atoms with Crippen molar-refractivity contribution in [3.63, 3.8) is 0 Å². The van der Waals surface area contributed by atoms with Crippen molar-refractivity contribution in [3.05, 3.63) is 11.8 Å². The second-order valence-electron chi connectivity index (χ2n) is 4.07. The Kier molecular flexibility index (Phi) is 1.51. The Morgan fingerprint density at radius 2 is 2.33 bits per heavy atom. The first-order valence-electron chi connectivity index (χ1n) is 4.37. The quantitative estimate of drug-likeness (QED) is 0.574. The summed E-state index contributed by atoms with van der Waals surface area (Å²) >= 11 is 0. The number of nitrogens with one attached hydrogen (secondary N) is 1. The molecule has 3 nitrogen and oxygen atoms in total. The van der Waals surface area contributed by atoms with E-state index in [-0.39, 0.29) is 11.2 Å². The van der Waals surface area contributed by atoms with Gasteiger partial charge in [0.2, 0.25) is 0 Å². The van der Waals surface area contributed by atoms with Crippen molar-refractivity contribution in [2.24, 2.45) is 5.41 Å². The molecule has 1 N–H and O–H groups in total. The molecule has 3 heteroatoms. The lowest BCUT2D eigenvalue weighted by Crippen LogP contribution is -2.45. The average Bonchev–Trinajstić information content (AvgIpc) is 2.45. The second kappa shape index (κ2) is 2.33. The van der Waals surface area contributed by atoms with Gasteiger partial charge in [-0.3, -0.25) is 4.79 Å². The summed E-state index contributed by atoms with van der Waals surface area (Å²) in [6.45, 7) is 5.79. The fourth-order valence-electron chi connectivity index (χ4n) is 1.71. The molecule has 0 aromatic rings. The maximum absolute atomic E-state index is 11.8. The number of nitrogens with zero attached hydrogens (tertiary/aromatic N) is 1. The van der Waals surface area contributed by atoms with Gasteiger partial charge < -0.3 is 5.01 Å². The zero-order valence-electron chi connectivity index (χ0n) is 7.55. The van der Waals surface area contributed by atoms with E-state index in [1.165, 1.54) is 0 Å². The maximum atomic E-state index is 11.8. The van der Waals surface area contributed by atoms with E-state index >= 15 is 0 Å². The van der Waals surface area contributed by atoms with Crippen LogP contribution in [0, 0.1) is 5.41 Å². The van der Waals surface area contributed by atoms with Crippen molar-refractivity contribution in [3.8, 4) is 0 Å². The number of hydrogen-bond donors (Lipinski definition) is 1. The Morgan fingerprint density at radius 1 is 1.58 bits per heavy atom. The Balaban J connectivity index is 2.29. The molecule has 0 amide bonds. The van der Waals surface area contributed by atoms with Crippen LogP contribution in [0.1, 0.15) is 20.3 Å². The molecule has 1 fully saturated rings. The smallest absolute Gasteiger partial charge is 0.185 e. The summed E-state index contributed by atoms with van der Waals surface area (Å²) in [5, 5.41) is 1.97. The van der Waals surface area contributed by atoms with Crippen LogP contribution in [0.2, 0.25) is 0 Å². The SMILES string of the molecule is CC1(C)CCN2NCC=C2C1=O. The zero-order chi connectivity index (χ0) is 8.77.